The van der Waals surface area contributed by atoms with Crippen molar-refractivity contribution in [1.29, 1.82) is 0 Å². The molecule has 1 amide bonds. The highest BCUT2D eigenvalue weighted by molar-refractivity contribution is 6.42. The van der Waals surface area contributed by atoms with Crippen LogP contribution in [-0.4, -0.2) is 46.9 Å². The molecule has 1 N–H and O–H groups in total. The van der Waals surface area contributed by atoms with Crippen LogP contribution < -0.4 is 0 Å². The quantitative estimate of drug-likeness (QED) is 0.886. The average Bonchev–Trinajstić information content (AvgIpc) is 2.98. The van der Waals surface area contributed by atoms with Crippen molar-refractivity contribution in [2.45, 2.75) is 6.54 Å². The maximum Gasteiger partial charge on any atom is 0.270 e. The molecule has 23 heavy (non-hydrogen) atoms. The number of rotatable bonds is 3. The number of piperazine rings is 1. The molecule has 0 atom stereocenters. The Morgan fingerprint density at radius 2 is 1.87 bits per heavy atom. The van der Waals surface area contributed by atoms with Crippen LogP contribution in [0.3, 0.4) is 0 Å². The molecule has 2 heterocycles. The van der Waals surface area contributed by atoms with Gasteiger partial charge in [0.15, 0.2) is 0 Å². The molecule has 1 aliphatic heterocycles. The van der Waals surface area contributed by atoms with Gasteiger partial charge in [-0.2, -0.15) is 0 Å². The highest BCUT2D eigenvalue weighted by Crippen LogP contribution is 2.26. The highest BCUT2D eigenvalue weighted by atomic mass is 35.5. The van der Waals surface area contributed by atoms with Gasteiger partial charge in [0, 0.05) is 38.9 Å². The number of aromatic nitrogens is 1. The van der Waals surface area contributed by atoms with Gasteiger partial charge in [-0.3, -0.25) is 9.69 Å². The molecule has 1 aliphatic rings. The van der Waals surface area contributed by atoms with E-state index in [0.29, 0.717) is 33.9 Å². The van der Waals surface area contributed by atoms with Crippen molar-refractivity contribution in [3.05, 3.63) is 56.8 Å². The summed E-state index contributed by atoms with van der Waals surface area (Å²) in [6, 6.07) is 7.32. The van der Waals surface area contributed by atoms with Crippen molar-refractivity contribution < 1.29 is 4.79 Å². The molecule has 3 rings (SSSR count). The fourth-order valence-corrected chi connectivity index (χ4v) is 3.23. The van der Waals surface area contributed by atoms with Gasteiger partial charge < -0.3 is 9.88 Å². The Balaban J connectivity index is 1.58. The smallest absolute Gasteiger partial charge is 0.270 e. The first-order valence-corrected chi connectivity index (χ1v) is 8.46. The van der Waals surface area contributed by atoms with E-state index in [1.54, 1.807) is 18.3 Å². The summed E-state index contributed by atoms with van der Waals surface area (Å²) in [6.07, 6.45) is 1.62. The molecule has 0 unspecified atom stereocenters. The minimum Gasteiger partial charge on any atom is -0.356 e. The Kier molecular flexibility index (Phi) is 5.17. The minimum atomic E-state index is -0.0164. The van der Waals surface area contributed by atoms with Gasteiger partial charge in [0.05, 0.1) is 15.1 Å². The van der Waals surface area contributed by atoms with Gasteiger partial charge in [0.25, 0.3) is 5.91 Å². The first-order valence-electron chi connectivity index (χ1n) is 7.33. The second kappa shape index (κ2) is 7.14. The first-order chi connectivity index (χ1) is 11.0. The normalized spacial score (nSPS) is 15.9. The van der Waals surface area contributed by atoms with E-state index in [4.69, 9.17) is 34.8 Å². The summed E-state index contributed by atoms with van der Waals surface area (Å²) in [5.41, 5.74) is 1.54. The zero-order valence-electron chi connectivity index (χ0n) is 12.4. The Morgan fingerprint density at radius 1 is 1.13 bits per heavy atom. The van der Waals surface area contributed by atoms with E-state index in [2.05, 4.69) is 9.88 Å². The van der Waals surface area contributed by atoms with Gasteiger partial charge in [-0.25, -0.2) is 0 Å². The van der Waals surface area contributed by atoms with Crippen molar-refractivity contribution in [3.63, 3.8) is 0 Å². The molecule has 7 heteroatoms. The molecule has 4 nitrogen and oxygen atoms in total. The summed E-state index contributed by atoms with van der Waals surface area (Å²) in [6.45, 7) is 3.67. The number of carbonyl (C=O) groups is 1. The van der Waals surface area contributed by atoms with Crippen molar-refractivity contribution in [3.8, 4) is 0 Å². The predicted octanol–water partition coefficient (Wildman–Crippen LogP) is 3.93. The molecule has 1 aromatic carbocycles. The number of amides is 1. The van der Waals surface area contributed by atoms with Crippen LogP contribution in [0.1, 0.15) is 16.1 Å². The molecular weight excluding hydrogens is 357 g/mol. The molecule has 1 aromatic heterocycles. The molecular formula is C16H16Cl3N3O. The third-order valence-corrected chi connectivity index (χ3v) is 5.04. The van der Waals surface area contributed by atoms with Crippen LogP contribution in [0.15, 0.2) is 30.5 Å². The lowest BCUT2D eigenvalue weighted by Gasteiger charge is -2.34. The van der Waals surface area contributed by atoms with Gasteiger partial charge in [0.2, 0.25) is 0 Å². The zero-order chi connectivity index (χ0) is 16.4. The monoisotopic (exact) mass is 371 g/mol. The van der Waals surface area contributed by atoms with E-state index in [1.807, 2.05) is 17.0 Å². The number of halogens is 3. The maximum atomic E-state index is 12.4. The van der Waals surface area contributed by atoms with Crippen LogP contribution in [-0.2, 0) is 6.54 Å². The number of benzene rings is 1. The van der Waals surface area contributed by atoms with Crippen molar-refractivity contribution in [2.24, 2.45) is 0 Å². The Hall–Kier alpha value is -1.20. The van der Waals surface area contributed by atoms with Crippen LogP contribution in [0.25, 0.3) is 0 Å². The number of aromatic amines is 1. The topological polar surface area (TPSA) is 39.3 Å². The Bertz CT molecular complexity index is 708. The van der Waals surface area contributed by atoms with Gasteiger partial charge in [-0.05, 0) is 17.7 Å². The standard InChI is InChI=1S/C16H16Cl3N3O/c17-12-8-14(20-9-12)16(23)22-6-4-21(5-7-22)10-11-2-1-3-13(18)15(11)19/h1-3,8-9,20H,4-7,10H2. The maximum absolute atomic E-state index is 12.4. The largest absolute Gasteiger partial charge is 0.356 e. The first kappa shape index (κ1) is 16.7. The predicted molar refractivity (Wildman–Crippen MR) is 93.4 cm³/mol. The fraction of sp³-hybridized carbons (Fsp3) is 0.312. The summed E-state index contributed by atoms with van der Waals surface area (Å²) in [4.78, 5) is 19.4. The Labute approximate surface area is 149 Å². The van der Waals surface area contributed by atoms with E-state index in [9.17, 15) is 4.79 Å². The lowest BCUT2D eigenvalue weighted by Crippen LogP contribution is -2.48. The van der Waals surface area contributed by atoms with E-state index >= 15 is 0 Å². The Morgan fingerprint density at radius 3 is 2.52 bits per heavy atom. The lowest BCUT2D eigenvalue weighted by atomic mass is 10.2. The summed E-state index contributed by atoms with van der Waals surface area (Å²) in [7, 11) is 0. The molecule has 0 saturated carbocycles. The van der Waals surface area contributed by atoms with Gasteiger partial charge in [-0.1, -0.05) is 46.9 Å². The SMILES string of the molecule is O=C(c1cc(Cl)c[nH]1)N1CCN(Cc2cccc(Cl)c2Cl)CC1. The zero-order valence-corrected chi connectivity index (χ0v) is 14.6. The number of nitrogens with zero attached hydrogens (tertiary/aromatic N) is 2. The second-order valence-electron chi connectivity index (χ2n) is 5.51. The van der Waals surface area contributed by atoms with E-state index in [1.165, 1.54) is 0 Å². The summed E-state index contributed by atoms with van der Waals surface area (Å²) in [5, 5.41) is 1.72. The van der Waals surface area contributed by atoms with Crippen LogP contribution in [0.4, 0.5) is 0 Å². The van der Waals surface area contributed by atoms with Crippen molar-refractivity contribution >= 4 is 40.7 Å². The number of hydrogen-bond donors (Lipinski definition) is 1. The van der Waals surface area contributed by atoms with Crippen LogP contribution >= 0.6 is 34.8 Å². The van der Waals surface area contributed by atoms with Crippen LogP contribution in [0.2, 0.25) is 15.1 Å². The third kappa shape index (κ3) is 3.83. The molecule has 1 saturated heterocycles. The number of nitrogens with one attached hydrogen (secondary N) is 1. The van der Waals surface area contributed by atoms with E-state index < -0.39 is 0 Å². The van der Waals surface area contributed by atoms with Crippen LogP contribution in [0.5, 0.6) is 0 Å². The molecule has 0 bridgehead atoms. The molecule has 122 valence electrons. The van der Waals surface area contributed by atoms with E-state index in [-0.39, 0.29) is 5.91 Å². The lowest BCUT2D eigenvalue weighted by molar-refractivity contribution is 0.0623. The molecule has 1 fully saturated rings. The molecule has 0 radical (unpaired) electrons. The van der Waals surface area contributed by atoms with Gasteiger partial charge in [0.1, 0.15) is 5.69 Å². The molecule has 0 spiro atoms. The number of carbonyl (C=O) groups excluding carboxylic acids is 1. The third-order valence-electron chi connectivity index (χ3n) is 3.96. The van der Waals surface area contributed by atoms with Crippen molar-refractivity contribution in [1.82, 2.24) is 14.8 Å². The fourth-order valence-electron chi connectivity index (χ4n) is 2.68. The highest BCUT2D eigenvalue weighted by Gasteiger charge is 2.23. The number of H-pyrrole nitrogens is 1. The minimum absolute atomic E-state index is 0.0164. The summed E-state index contributed by atoms with van der Waals surface area (Å²) < 4.78 is 0. The summed E-state index contributed by atoms with van der Waals surface area (Å²) in [5.74, 6) is -0.0164. The van der Waals surface area contributed by atoms with Crippen molar-refractivity contribution in [2.75, 3.05) is 26.2 Å². The molecule has 2 aromatic rings. The van der Waals surface area contributed by atoms with Gasteiger partial charge >= 0.3 is 0 Å². The van der Waals surface area contributed by atoms with Crippen LogP contribution in [0, 0.1) is 0 Å². The van der Waals surface area contributed by atoms with E-state index in [0.717, 1.165) is 25.2 Å². The van der Waals surface area contributed by atoms with Gasteiger partial charge in [-0.15, -0.1) is 0 Å². The molecule has 0 aliphatic carbocycles. The summed E-state index contributed by atoms with van der Waals surface area (Å²) >= 11 is 18.1. The number of hydrogen-bond acceptors (Lipinski definition) is 2. The average molecular weight is 373 g/mol. The second-order valence-corrected chi connectivity index (χ2v) is 6.73.